The Morgan fingerprint density at radius 3 is 2.44 bits per heavy atom. The van der Waals surface area contributed by atoms with Crippen LogP contribution in [0.4, 0.5) is 20.3 Å². The number of nitrogens with one attached hydrogen (secondary N) is 2. The van der Waals surface area contributed by atoms with E-state index in [9.17, 15) is 13.6 Å². The Morgan fingerprint density at radius 1 is 0.960 bits per heavy atom. The molecule has 126 valence electrons. The Labute approximate surface area is 141 Å². The minimum Gasteiger partial charge on any atom is -0.347 e. The van der Waals surface area contributed by atoms with Crippen molar-refractivity contribution < 1.29 is 13.6 Å². The van der Waals surface area contributed by atoms with Gasteiger partial charge in [-0.2, -0.15) is 0 Å². The molecule has 1 aromatic carbocycles. The van der Waals surface area contributed by atoms with E-state index in [-0.39, 0.29) is 11.6 Å². The Hall–Kier alpha value is -3.42. The molecule has 0 unspecified atom stereocenters. The lowest BCUT2D eigenvalue weighted by atomic mass is 10.2. The molecule has 8 heteroatoms. The molecule has 0 bridgehead atoms. The lowest BCUT2D eigenvalue weighted by molar-refractivity contribution is 0.0945. The van der Waals surface area contributed by atoms with Crippen LogP contribution in [-0.4, -0.2) is 21.1 Å². The van der Waals surface area contributed by atoms with Crippen LogP contribution in [0.15, 0.2) is 54.9 Å². The molecule has 0 aliphatic heterocycles. The van der Waals surface area contributed by atoms with E-state index in [2.05, 4.69) is 25.8 Å². The lowest BCUT2D eigenvalue weighted by Crippen LogP contribution is -2.24. The van der Waals surface area contributed by atoms with Crippen LogP contribution in [0.2, 0.25) is 0 Å². The summed E-state index contributed by atoms with van der Waals surface area (Å²) < 4.78 is 26.1. The summed E-state index contributed by atoms with van der Waals surface area (Å²) in [5, 5.41) is 13.2. The Bertz CT molecular complexity index is 872. The number of carbonyl (C=O) groups is 1. The first-order valence-corrected chi connectivity index (χ1v) is 7.35. The zero-order valence-corrected chi connectivity index (χ0v) is 12.9. The molecular weight excluding hydrogens is 328 g/mol. The number of nitrogens with zero attached hydrogens (tertiary/aromatic N) is 3. The zero-order chi connectivity index (χ0) is 17.6. The topological polar surface area (TPSA) is 79.8 Å². The van der Waals surface area contributed by atoms with E-state index in [1.807, 2.05) is 0 Å². The van der Waals surface area contributed by atoms with Crippen molar-refractivity contribution in [2.24, 2.45) is 0 Å². The molecule has 2 N–H and O–H groups in total. The zero-order valence-electron chi connectivity index (χ0n) is 12.9. The minimum atomic E-state index is -0.968. The molecule has 0 aliphatic carbocycles. The SMILES string of the molecule is O=C(NCc1ccncc1)c1ccc(Nc2ccc(F)c(F)c2)nn1. The van der Waals surface area contributed by atoms with Gasteiger partial charge in [0.25, 0.3) is 5.91 Å². The first-order chi connectivity index (χ1) is 12.1. The van der Waals surface area contributed by atoms with Crippen LogP contribution >= 0.6 is 0 Å². The van der Waals surface area contributed by atoms with Crippen LogP contribution < -0.4 is 10.6 Å². The number of pyridine rings is 1. The number of carbonyl (C=O) groups excluding carboxylic acids is 1. The van der Waals surface area contributed by atoms with Crippen LogP contribution in [0.5, 0.6) is 0 Å². The molecule has 1 amide bonds. The van der Waals surface area contributed by atoms with Crippen LogP contribution in [0.1, 0.15) is 16.1 Å². The highest BCUT2D eigenvalue weighted by Crippen LogP contribution is 2.17. The van der Waals surface area contributed by atoms with Crippen molar-refractivity contribution in [3.05, 3.63) is 77.8 Å². The summed E-state index contributed by atoms with van der Waals surface area (Å²) in [6.45, 7) is 0.345. The third kappa shape index (κ3) is 4.31. The molecule has 2 aromatic heterocycles. The first kappa shape index (κ1) is 16.4. The van der Waals surface area contributed by atoms with E-state index in [1.54, 1.807) is 24.5 Å². The fourth-order valence-electron chi connectivity index (χ4n) is 2.02. The maximum absolute atomic E-state index is 13.2. The fourth-order valence-corrected chi connectivity index (χ4v) is 2.02. The van der Waals surface area contributed by atoms with Crippen molar-refractivity contribution >= 4 is 17.4 Å². The van der Waals surface area contributed by atoms with Gasteiger partial charge in [-0.1, -0.05) is 0 Å². The van der Waals surface area contributed by atoms with Gasteiger partial charge < -0.3 is 10.6 Å². The molecule has 0 radical (unpaired) electrons. The van der Waals surface area contributed by atoms with Crippen molar-refractivity contribution in [1.29, 1.82) is 0 Å². The quantitative estimate of drug-likeness (QED) is 0.746. The van der Waals surface area contributed by atoms with Gasteiger partial charge in [0.2, 0.25) is 0 Å². The van der Waals surface area contributed by atoms with Crippen molar-refractivity contribution in [2.75, 3.05) is 5.32 Å². The van der Waals surface area contributed by atoms with Crippen LogP contribution in [-0.2, 0) is 6.54 Å². The second-order valence-electron chi connectivity index (χ2n) is 5.10. The van der Waals surface area contributed by atoms with Crippen LogP contribution in [0, 0.1) is 11.6 Å². The summed E-state index contributed by atoms with van der Waals surface area (Å²) in [7, 11) is 0. The van der Waals surface area contributed by atoms with Gasteiger partial charge in [0.15, 0.2) is 23.1 Å². The van der Waals surface area contributed by atoms with Crippen molar-refractivity contribution in [2.45, 2.75) is 6.54 Å². The smallest absolute Gasteiger partial charge is 0.272 e. The normalized spacial score (nSPS) is 10.3. The lowest BCUT2D eigenvalue weighted by Gasteiger charge is -2.07. The van der Waals surface area contributed by atoms with E-state index in [0.29, 0.717) is 18.1 Å². The van der Waals surface area contributed by atoms with E-state index < -0.39 is 11.6 Å². The van der Waals surface area contributed by atoms with E-state index >= 15 is 0 Å². The van der Waals surface area contributed by atoms with E-state index in [0.717, 1.165) is 17.7 Å². The molecular formula is C17H13F2N5O. The summed E-state index contributed by atoms with van der Waals surface area (Å²) in [5.74, 6) is -1.97. The van der Waals surface area contributed by atoms with Crippen molar-refractivity contribution in [1.82, 2.24) is 20.5 Å². The molecule has 0 aliphatic rings. The molecule has 0 saturated carbocycles. The van der Waals surface area contributed by atoms with Gasteiger partial charge in [0, 0.05) is 30.7 Å². The van der Waals surface area contributed by atoms with Gasteiger partial charge in [0.05, 0.1) is 0 Å². The molecule has 2 heterocycles. The Morgan fingerprint density at radius 2 is 1.76 bits per heavy atom. The second-order valence-corrected chi connectivity index (χ2v) is 5.10. The third-order valence-electron chi connectivity index (χ3n) is 3.29. The summed E-state index contributed by atoms with van der Waals surface area (Å²) in [5.41, 5.74) is 1.38. The highest BCUT2D eigenvalue weighted by atomic mass is 19.2. The molecule has 25 heavy (non-hydrogen) atoms. The van der Waals surface area contributed by atoms with E-state index in [1.165, 1.54) is 18.2 Å². The van der Waals surface area contributed by atoms with Crippen molar-refractivity contribution in [3.63, 3.8) is 0 Å². The summed E-state index contributed by atoms with van der Waals surface area (Å²) in [6, 6.07) is 9.97. The molecule has 0 saturated heterocycles. The summed E-state index contributed by atoms with van der Waals surface area (Å²) in [6.07, 6.45) is 3.28. The number of amides is 1. The average Bonchev–Trinajstić information content (AvgIpc) is 2.64. The summed E-state index contributed by atoms with van der Waals surface area (Å²) in [4.78, 5) is 15.9. The van der Waals surface area contributed by atoms with Gasteiger partial charge >= 0.3 is 0 Å². The first-order valence-electron chi connectivity index (χ1n) is 7.35. The number of halogens is 2. The number of aromatic nitrogens is 3. The maximum atomic E-state index is 13.2. The molecule has 6 nitrogen and oxygen atoms in total. The third-order valence-corrected chi connectivity index (χ3v) is 3.29. The molecule has 3 aromatic rings. The van der Waals surface area contributed by atoms with Gasteiger partial charge in [-0.3, -0.25) is 9.78 Å². The number of hydrogen-bond acceptors (Lipinski definition) is 5. The van der Waals surface area contributed by atoms with Crippen molar-refractivity contribution in [3.8, 4) is 0 Å². The van der Waals surface area contributed by atoms with E-state index in [4.69, 9.17) is 0 Å². The van der Waals surface area contributed by atoms with Crippen LogP contribution in [0.3, 0.4) is 0 Å². The Kier molecular flexibility index (Phi) is 4.89. The molecule has 0 fully saturated rings. The molecule has 0 spiro atoms. The summed E-state index contributed by atoms with van der Waals surface area (Å²) >= 11 is 0. The van der Waals surface area contributed by atoms with Gasteiger partial charge in [0.1, 0.15) is 0 Å². The molecule has 3 rings (SSSR count). The van der Waals surface area contributed by atoms with Gasteiger partial charge in [-0.05, 0) is 42.0 Å². The van der Waals surface area contributed by atoms with Gasteiger partial charge in [-0.25, -0.2) is 8.78 Å². The second kappa shape index (κ2) is 7.43. The maximum Gasteiger partial charge on any atom is 0.272 e. The highest BCUT2D eigenvalue weighted by Gasteiger charge is 2.09. The monoisotopic (exact) mass is 341 g/mol. The number of rotatable bonds is 5. The standard InChI is InChI=1S/C17H13F2N5O/c18-13-2-1-12(9-14(13)19)22-16-4-3-15(23-24-16)17(25)21-10-11-5-7-20-8-6-11/h1-9H,10H2,(H,21,25)(H,22,24). The highest BCUT2D eigenvalue weighted by molar-refractivity contribution is 5.92. The van der Waals surface area contributed by atoms with Gasteiger partial charge in [-0.15, -0.1) is 10.2 Å². The number of benzene rings is 1. The number of hydrogen-bond donors (Lipinski definition) is 2. The average molecular weight is 341 g/mol. The predicted octanol–water partition coefficient (Wildman–Crippen LogP) is 2.82. The minimum absolute atomic E-state index is 0.143. The fraction of sp³-hybridized carbons (Fsp3) is 0.0588. The largest absolute Gasteiger partial charge is 0.347 e. The molecule has 0 atom stereocenters. The van der Waals surface area contributed by atoms with Crippen LogP contribution in [0.25, 0.3) is 0 Å². The Balaban J connectivity index is 1.61. The number of anilines is 2. The predicted molar refractivity (Wildman–Crippen MR) is 87.1 cm³/mol.